The minimum atomic E-state index is -0.355. The van der Waals surface area contributed by atoms with Crippen molar-refractivity contribution in [2.75, 3.05) is 13.1 Å². The molecule has 4 heteroatoms. The van der Waals surface area contributed by atoms with Crippen LogP contribution in [0.25, 0.3) is 11.1 Å². The molecule has 22 heavy (non-hydrogen) atoms. The fourth-order valence-electron chi connectivity index (χ4n) is 3.09. The highest BCUT2D eigenvalue weighted by molar-refractivity contribution is 7.12. The molecular weight excluding hydrogens is 292 g/mol. The highest BCUT2D eigenvalue weighted by Gasteiger charge is 2.18. The van der Waals surface area contributed by atoms with Crippen molar-refractivity contribution in [1.82, 2.24) is 4.90 Å². The molecule has 1 unspecified atom stereocenters. The summed E-state index contributed by atoms with van der Waals surface area (Å²) in [7, 11) is 0. The smallest absolute Gasteiger partial charge is 0.258 e. The van der Waals surface area contributed by atoms with Crippen LogP contribution in [0.5, 0.6) is 0 Å². The predicted octanol–water partition coefficient (Wildman–Crippen LogP) is 4.06. The Labute approximate surface area is 135 Å². The molecule has 1 saturated heterocycles. The molecule has 0 saturated carbocycles. The predicted molar refractivity (Wildman–Crippen MR) is 92.1 cm³/mol. The fraction of sp³-hybridized carbons (Fsp3) is 0.389. The van der Waals surface area contributed by atoms with Gasteiger partial charge < -0.3 is 5.73 Å². The quantitative estimate of drug-likeness (QED) is 0.925. The number of carbonyl (C=O) groups is 1. The lowest BCUT2D eigenvalue weighted by Gasteiger charge is -2.32. The molecule has 1 aliphatic rings. The van der Waals surface area contributed by atoms with Crippen LogP contribution in [0, 0.1) is 0 Å². The van der Waals surface area contributed by atoms with Gasteiger partial charge in [-0.3, -0.25) is 9.69 Å². The van der Waals surface area contributed by atoms with Crippen LogP contribution in [0.4, 0.5) is 0 Å². The molecule has 0 bridgehead atoms. The molecule has 3 rings (SSSR count). The minimum absolute atomic E-state index is 0.355. The van der Waals surface area contributed by atoms with E-state index in [1.54, 1.807) is 0 Å². The summed E-state index contributed by atoms with van der Waals surface area (Å²) in [4.78, 5) is 14.4. The van der Waals surface area contributed by atoms with Crippen molar-refractivity contribution in [3.63, 3.8) is 0 Å². The summed E-state index contributed by atoms with van der Waals surface area (Å²) >= 11 is 1.40. The van der Waals surface area contributed by atoms with E-state index in [1.165, 1.54) is 49.3 Å². The molecule has 1 atom stereocenters. The Kier molecular flexibility index (Phi) is 4.60. The van der Waals surface area contributed by atoms with Gasteiger partial charge in [0, 0.05) is 6.04 Å². The van der Waals surface area contributed by atoms with Crippen molar-refractivity contribution in [3.05, 3.63) is 46.2 Å². The van der Waals surface area contributed by atoms with Crippen LogP contribution in [0.3, 0.4) is 0 Å². The van der Waals surface area contributed by atoms with E-state index in [9.17, 15) is 4.79 Å². The number of benzene rings is 1. The molecule has 0 radical (unpaired) electrons. The first-order valence-corrected chi connectivity index (χ1v) is 8.76. The lowest BCUT2D eigenvalue weighted by atomic mass is 10.0. The van der Waals surface area contributed by atoms with Crippen LogP contribution in [0.15, 0.2) is 35.7 Å². The van der Waals surface area contributed by atoms with E-state index in [-0.39, 0.29) is 5.91 Å². The molecule has 2 aromatic rings. The Morgan fingerprint density at radius 2 is 1.82 bits per heavy atom. The standard InChI is InChI=1S/C18H22N2OS/c1-13(20-9-3-2-4-10-20)14-5-7-15(8-6-14)16-11-17(18(19)21)22-12-16/h5-8,11-13H,2-4,9-10H2,1H3,(H2,19,21). The van der Waals surface area contributed by atoms with Gasteiger partial charge in [-0.25, -0.2) is 0 Å². The zero-order valence-corrected chi connectivity index (χ0v) is 13.7. The molecule has 2 heterocycles. The summed E-state index contributed by atoms with van der Waals surface area (Å²) in [5.41, 5.74) is 8.88. The normalized spacial score (nSPS) is 17.3. The van der Waals surface area contributed by atoms with E-state index < -0.39 is 0 Å². The number of nitrogens with zero attached hydrogens (tertiary/aromatic N) is 1. The van der Waals surface area contributed by atoms with Crippen LogP contribution < -0.4 is 5.73 Å². The summed E-state index contributed by atoms with van der Waals surface area (Å²) in [6.07, 6.45) is 3.99. The Morgan fingerprint density at radius 3 is 2.41 bits per heavy atom. The zero-order chi connectivity index (χ0) is 15.5. The molecule has 0 aliphatic carbocycles. The van der Waals surface area contributed by atoms with Gasteiger partial charge in [-0.15, -0.1) is 11.3 Å². The first kappa shape index (κ1) is 15.3. The second-order valence-electron chi connectivity index (χ2n) is 5.96. The van der Waals surface area contributed by atoms with E-state index in [0.29, 0.717) is 10.9 Å². The highest BCUT2D eigenvalue weighted by atomic mass is 32.1. The number of thiophene rings is 1. The second kappa shape index (κ2) is 6.63. The largest absolute Gasteiger partial charge is 0.365 e. The minimum Gasteiger partial charge on any atom is -0.365 e. The van der Waals surface area contributed by atoms with Gasteiger partial charge in [0.15, 0.2) is 0 Å². The van der Waals surface area contributed by atoms with Crippen molar-refractivity contribution in [3.8, 4) is 11.1 Å². The molecule has 1 amide bonds. The van der Waals surface area contributed by atoms with Gasteiger partial charge in [-0.2, -0.15) is 0 Å². The van der Waals surface area contributed by atoms with Crippen LogP contribution in [-0.2, 0) is 0 Å². The van der Waals surface area contributed by atoms with E-state index in [4.69, 9.17) is 5.73 Å². The van der Waals surface area contributed by atoms with E-state index in [0.717, 1.165) is 11.1 Å². The topological polar surface area (TPSA) is 46.3 Å². The first-order chi connectivity index (χ1) is 10.6. The number of hydrogen-bond donors (Lipinski definition) is 1. The van der Waals surface area contributed by atoms with Crippen LogP contribution in [0.1, 0.15) is 47.5 Å². The number of primary amides is 1. The molecule has 2 N–H and O–H groups in total. The SMILES string of the molecule is CC(c1ccc(-c2csc(C(N)=O)c2)cc1)N1CCCCC1. The summed E-state index contributed by atoms with van der Waals surface area (Å²) in [6.45, 7) is 4.70. The molecule has 1 aromatic carbocycles. The summed E-state index contributed by atoms with van der Waals surface area (Å²) in [6, 6.07) is 11.0. The maximum atomic E-state index is 11.2. The molecule has 116 valence electrons. The monoisotopic (exact) mass is 314 g/mol. The number of carbonyl (C=O) groups excluding carboxylic acids is 1. The summed E-state index contributed by atoms with van der Waals surface area (Å²) < 4.78 is 0. The van der Waals surface area contributed by atoms with Gasteiger partial charge in [-0.05, 0) is 61.0 Å². The number of rotatable bonds is 4. The molecule has 3 nitrogen and oxygen atoms in total. The molecule has 1 aromatic heterocycles. The van der Waals surface area contributed by atoms with E-state index in [2.05, 4.69) is 36.1 Å². The number of hydrogen-bond acceptors (Lipinski definition) is 3. The van der Waals surface area contributed by atoms with Gasteiger partial charge in [0.2, 0.25) is 0 Å². The van der Waals surface area contributed by atoms with Gasteiger partial charge >= 0.3 is 0 Å². The Morgan fingerprint density at radius 1 is 1.14 bits per heavy atom. The lowest BCUT2D eigenvalue weighted by Crippen LogP contribution is -2.32. The molecule has 0 spiro atoms. The number of piperidine rings is 1. The van der Waals surface area contributed by atoms with Crippen molar-refractivity contribution in [2.45, 2.75) is 32.2 Å². The molecule has 1 aliphatic heterocycles. The average Bonchev–Trinajstić information content (AvgIpc) is 3.05. The van der Waals surface area contributed by atoms with Crippen molar-refractivity contribution in [2.24, 2.45) is 5.73 Å². The van der Waals surface area contributed by atoms with E-state index in [1.807, 2.05) is 11.4 Å². The second-order valence-corrected chi connectivity index (χ2v) is 6.87. The van der Waals surface area contributed by atoms with Gasteiger partial charge in [0.1, 0.15) is 0 Å². The fourth-order valence-corrected chi connectivity index (χ4v) is 3.86. The van der Waals surface area contributed by atoms with Crippen molar-refractivity contribution < 1.29 is 4.79 Å². The third-order valence-corrected chi connectivity index (χ3v) is 5.45. The lowest BCUT2D eigenvalue weighted by molar-refractivity contribution is 0.100. The maximum absolute atomic E-state index is 11.2. The molecular formula is C18H22N2OS. The number of nitrogens with two attached hydrogens (primary N) is 1. The Hall–Kier alpha value is -1.65. The average molecular weight is 314 g/mol. The summed E-state index contributed by atoms with van der Waals surface area (Å²) in [5.74, 6) is -0.355. The number of amides is 1. The van der Waals surface area contributed by atoms with Crippen LogP contribution in [0.2, 0.25) is 0 Å². The van der Waals surface area contributed by atoms with Crippen LogP contribution >= 0.6 is 11.3 Å². The van der Waals surface area contributed by atoms with Gasteiger partial charge in [0.05, 0.1) is 4.88 Å². The zero-order valence-electron chi connectivity index (χ0n) is 12.9. The van der Waals surface area contributed by atoms with Crippen molar-refractivity contribution >= 4 is 17.2 Å². The highest BCUT2D eigenvalue weighted by Crippen LogP contribution is 2.29. The van der Waals surface area contributed by atoms with Gasteiger partial charge in [0.25, 0.3) is 5.91 Å². The Bertz CT molecular complexity index is 641. The summed E-state index contributed by atoms with van der Waals surface area (Å²) in [5, 5.41) is 1.99. The number of likely N-dealkylation sites (tertiary alicyclic amines) is 1. The van der Waals surface area contributed by atoms with Crippen LogP contribution in [-0.4, -0.2) is 23.9 Å². The maximum Gasteiger partial charge on any atom is 0.258 e. The molecule has 1 fully saturated rings. The van der Waals surface area contributed by atoms with E-state index >= 15 is 0 Å². The third kappa shape index (κ3) is 3.23. The van der Waals surface area contributed by atoms with Gasteiger partial charge in [-0.1, -0.05) is 30.7 Å². The first-order valence-electron chi connectivity index (χ1n) is 7.88. The Balaban J connectivity index is 1.75. The third-order valence-electron chi connectivity index (χ3n) is 4.51. The van der Waals surface area contributed by atoms with Crippen molar-refractivity contribution in [1.29, 1.82) is 0 Å².